The van der Waals surface area contributed by atoms with Crippen LogP contribution in [0.15, 0.2) is 29.1 Å². The van der Waals surface area contributed by atoms with E-state index in [1.807, 2.05) is 0 Å². The zero-order chi connectivity index (χ0) is 15.6. The Kier molecular flexibility index (Phi) is 3.74. The molecule has 0 aliphatic carbocycles. The fourth-order valence-corrected chi connectivity index (χ4v) is 1.65. The number of rotatable bonds is 3. The van der Waals surface area contributed by atoms with E-state index >= 15 is 0 Å². The Hall–Kier alpha value is -2.71. The molecule has 2 aromatic rings. The lowest BCUT2D eigenvalue weighted by atomic mass is 10.1. The summed E-state index contributed by atoms with van der Waals surface area (Å²) in [5, 5.41) is 11.6. The molecule has 112 valence electrons. The van der Waals surface area contributed by atoms with Crippen LogP contribution in [0.25, 0.3) is 0 Å². The third-order valence-corrected chi connectivity index (χ3v) is 2.50. The highest BCUT2D eigenvalue weighted by Crippen LogP contribution is 2.38. The first-order chi connectivity index (χ1) is 9.79. The molecule has 0 unspecified atom stereocenters. The van der Waals surface area contributed by atoms with Crippen molar-refractivity contribution in [1.82, 2.24) is 9.97 Å². The zero-order valence-corrected chi connectivity index (χ0v) is 10.7. The molecule has 0 aliphatic rings. The molecule has 2 rings (SSSR count). The van der Waals surface area contributed by atoms with E-state index in [1.165, 1.54) is 6.07 Å². The van der Waals surface area contributed by atoms with Crippen LogP contribution in [0.2, 0.25) is 0 Å². The van der Waals surface area contributed by atoms with Gasteiger partial charge in [0.25, 0.3) is 5.56 Å². The summed E-state index contributed by atoms with van der Waals surface area (Å²) in [7, 11) is 1.13. The van der Waals surface area contributed by atoms with Crippen molar-refractivity contribution in [2.45, 2.75) is 6.18 Å². The number of ether oxygens (including phenoxy) is 1. The SMILES string of the molecule is COc1ccc(Nc2nc(O)cc(=O)[nH]2)cc1C(F)(F)F. The Balaban J connectivity index is 2.39. The van der Waals surface area contributed by atoms with Crippen LogP contribution in [0.3, 0.4) is 0 Å². The molecule has 0 amide bonds. The second-order valence-electron chi connectivity index (χ2n) is 3.99. The van der Waals surface area contributed by atoms with Gasteiger partial charge in [-0.25, -0.2) is 0 Å². The molecule has 6 nitrogen and oxygen atoms in total. The summed E-state index contributed by atoms with van der Waals surface area (Å²) in [6.07, 6.45) is -4.59. The molecule has 0 fully saturated rings. The lowest BCUT2D eigenvalue weighted by Gasteiger charge is -2.14. The zero-order valence-electron chi connectivity index (χ0n) is 10.7. The van der Waals surface area contributed by atoms with E-state index in [4.69, 9.17) is 5.11 Å². The molecule has 0 atom stereocenters. The minimum Gasteiger partial charge on any atom is -0.496 e. The van der Waals surface area contributed by atoms with Crippen LogP contribution >= 0.6 is 0 Å². The van der Waals surface area contributed by atoms with E-state index in [0.717, 1.165) is 25.3 Å². The Morgan fingerprint density at radius 2 is 2.05 bits per heavy atom. The molecular weight excluding hydrogens is 291 g/mol. The number of aromatic hydroxyl groups is 1. The van der Waals surface area contributed by atoms with E-state index < -0.39 is 23.2 Å². The highest BCUT2D eigenvalue weighted by Gasteiger charge is 2.34. The number of halogens is 3. The predicted octanol–water partition coefficient (Wildman–Crippen LogP) is 2.25. The third-order valence-electron chi connectivity index (χ3n) is 2.50. The summed E-state index contributed by atoms with van der Waals surface area (Å²) >= 11 is 0. The van der Waals surface area contributed by atoms with Gasteiger partial charge in [-0.3, -0.25) is 9.78 Å². The van der Waals surface area contributed by atoms with Gasteiger partial charge >= 0.3 is 6.18 Å². The van der Waals surface area contributed by atoms with E-state index in [1.54, 1.807) is 0 Å². The second-order valence-corrected chi connectivity index (χ2v) is 3.99. The van der Waals surface area contributed by atoms with E-state index in [9.17, 15) is 18.0 Å². The maximum Gasteiger partial charge on any atom is 0.420 e. The number of nitrogens with one attached hydrogen (secondary N) is 2. The number of anilines is 2. The molecule has 1 aromatic carbocycles. The predicted molar refractivity (Wildman–Crippen MR) is 67.8 cm³/mol. The normalized spacial score (nSPS) is 11.2. The van der Waals surface area contributed by atoms with Gasteiger partial charge in [0.15, 0.2) is 0 Å². The average Bonchev–Trinajstić information content (AvgIpc) is 2.36. The lowest BCUT2D eigenvalue weighted by molar-refractivity contribution is -0.138. The van der Waals surface area contributed by atoms with Gasteiger partial charge in [-0.05, 0) is 18.2 Å². The summed E-state index contributed by atoms with van der Waals surface area (Å²) in [4.78, 5) is 16.9. The number of aromatic nitrogens is 2. The summed E-state index contributed by atoms with van der Waals surface area (Å²) in [6.45, 7) is 0. The van der Waals surface area contributed by atoms with Crippen LogP contribution in [0.5, 0.6) is 11.6 Å². The first-order valence-electron chi connectivity index (χ1n) is 5.62. The summed E-state index contributed by atoms with van der Waals surface area (Å²) in [5.41, 5.74) is -1.59. The fourth-order valence-electron chi connectivity index (χ4n) is 1.65. The molecule has 0 spiro atoms. The van der Waals surface area contributed by atoms with Gasteiger partial charge in [0.2, 0.25) is 11.8 Å². The summed E-state index contributed by atoms with van der Waals surface area (Å²) < 4.78 is 43.2. The molecule has 3 N–H and O–H groups in total. The molecule has 1 heterocycles. The van der Waals surface area contributed by atoms with Crippen molar-refractivity contribution in [2.75, 3.05) is 12.4 Å². The minimum absolute atomic E-state index is 0.0249. The van der Waals surface area contributed by atoms with Gasteiger partial charge in [-0.1, -0.05) is 0 Å². The quantitative estimate of drug-likeness (QED) is 0.809. The number of hydrogen-bond donors (Lipinski definition) is 3. The highest BCUT2D eigenvalue weighted by atomic mass is 19.4. The Bertz CT molecular complexity index is 713. The van der Waals surface area contributed by atoms with Gasteiger partial charge in [-0.2, -0.15) is 18.2 Å². The van der Waals surface area contributed by atoms with E-state index in [-0.39, 0.29) is 17.4 Å². The first kappa shape index (κ1) is 14.7. The van der Waals surface area contributed by atoms with E-state index in [2.05, 4.69) is 20.0 Å². The number of nitrogens with zero attached hydrogens (tertiary/aromatic N) is 1. The number of aromatic amines is 1. The van der Waals surface area contributed by atoms with Crippen LogP contribution in [0.4, 0.5) is 24.8 Å². The molecule has 0 aliphatic heterocycles. The average molecular weight is 301 g/mol. The van der Waals surface area contributed by atoms with Crippen molar-refractivity contribution in [3.63, 3.8) is 0 Å². The standard InChI is InChI=1S/C12H10F3N3O3/c1-21-8-3-2-6(4-7(8)12(13,14)15)16-11-17-9(19)5-10(20)18-11/h2-5H,1H3,(H3,16,17,18,19,20). The maximum absolute atomic E-state index is 12.9. The Labute approximate surface area is 116 Å². The van der Waals surface area contributed by atoms with Crippen molar-refractivity contribution in [3.8, 4) is 11.6 Å². The molecule has 0 saturated carbocycles. The van der Waals surface area contributed by atoms with Crippen molar-refractivity contribution >= 4 is 11.6 Å². The molecule has 1 aromatic heterocycles. The Morgan fingerprint density at radius 1 is 1.33 bits per heavy atom. The fraction of sp³-hybridized carbons (Fsp3) is 0.167. The van der Waals surface area contributed by atoms with Gasteiger partial charge in [-0.15, -0.1) is 0 Å². The summed E-state index contributed by atoms with van der Waals surface area (Å²) in [5.74, 6) is -1.06. The lowest BCUT2D eigenvalue weighted by Crippen LogP contribution is -2.10. The van der Waals surface area contributed by atoms with Crippen molar-refractivity contribution in [3.05, 3.63) is 40.2 Å². The molecule has 0 saturated heterocycles. The minimum atomic E-state index is -4.59. The largest absolute Gasteiger partial charge is 0.496 e. The van der Waals surface area contributed by atoms with Crippen LogP contribution in [0.1, 0.15) is 5.56 Å². The first-order valence-corrected chi connectivity index (χ1v) is 5.62. The van der Waals surface area contributed by atoms with Gasteiger partial charge in [0.05, 0.1) is 18.7 Å². The number of methoxy groups -OCH3 is 1. The van der Waals surface area contributed by atoms with Crippen molar-refractivity contribution in [1.29, 1.82) is 0 Å². The number of alkyl halides is 3. The van der Waals surface area contributed by atoms with Gasteiger partial charge < -0.3 is 15.2 Å². The smallest absolute Gasteiger partial charge is 0.420 e. The molecule has 21 heavy (non-hydrogen) atoms. The van der Waals surface area contributed by atoms with Crippen LogP contribution in [-0.4, -0.2) is 22.2 Å². The molecule has 0 bridgehead atoms. The van der Waals surface area contributed by atoms with Crippen LogP contribution < -0.4 is 15.6 Å². The topological polar surface area (TPSA) is 87.2 Å². The monoisotopic (exact) mass is 301 g/mol. The highest BCUT2D eigenvalue weighted by molar-refractivity contribution is 5.58. The van der Waals surface area contributed by atoms with Crippen molar-refractivity contribution in [2.24, 2.45) is 0 Å². The molecular formula is C12H10F3N3O3. The number of H-pyrrole nitrogens is 1. The number of hydrogen-bond acceptors (Lipinski definition) is 5. The maximum atomic E-state index is 12.9. The van der Waals surface area contributed by atoms with Gasteiger partial charge in [0.1, 0.15) is 5.75 Å². The number of benzene rings is 1. The molecule has 9 heteroatoms. The van der Waals surface area contributed by atoms with Crippen molar-refractivity contribution < 1.29 is 23.0 Å². The third kappa shape index (κ3) is 3.44. The second kappa shape index (κ2) is 5.35. The Morgan fingerprint density at radius 3 is 2.62 bits per heavy atom. The van der Waals surface area contributed by atoms with Gasteiger partial charge in [0, 0.05) is 5.69 Å². The summed E-state index contributed by atoms with van der Waals surface area (Å²) in [6, 6.07) is 4.09. The van der Waals surface area contributed by atoms with Crippen LogP contribution in [0, 0.1) is 0 Å². The van der Waals surface area contributed by atoms with Crippen LogP contribution in [-0.2, 0) is 6.18 Å². The molecule has 0 radical (unpaired) electrons. The van der Waals surface area contributed by atoms with E-state index in [0.29, 0.717) is 0 Å².